The lowest BCUT2D eigenvalue weighted by Crippen LogP contribution is -2.00. The van der Waals surface area contributed by atoms with Crippen molar-refractivity contribution < 1.29 is 4.74 Å². The third kappa shape index (κ3) is 2.65. The number of hydrogen-bond acceptors (Lipinski definition) is 5. The summed E-state index contributed by atoms with van der Waals surface area (Å²) < 4.78 is 7.41. The molecular weight excluding hydrogens is 326 g/mol. The Bertz CT molecular complexity index is 1070. The molecule has 130 valence electrons. The average molecular weight is 345 g/mol. The van der Waals surface area contributed by atoms with E-state index in [0.717, 1.165) is 45.2 Å². The molecule has 6 heteroatoms. The van der Waals surface area contributed by atoms with Gasteiger partial charge in [-0.1, -0.05) is 6.07 Å². The predicted molar refractivity (Wildman–Crippen MR) is 102 cm³/mol. The fourth-order valence-corrected chi connectivity index (χ4v) is 3.13. The molecule has 0 radical (unpaired) electrons. The van der Waals surface area contributed by atoms with Crippen LogP contribution in [0.3, 0.4) is 0 Å². The van der Waals surface area contributed by atoms with Crippen molar-refractivity contribution in [1.29, 1.82) is 0 Å². The van der Waals surface area contributed by atoms with Gasteiger partial charge in [-0.25, -0.2) is 9.97 Å². The Balaban J connectivity index is 1.87. The van der Waals surface area contributed by atoms with Gasteiger partial charge in [-0.2, -0.15) is 0 Å². The van der Waals surface area contributed by atoms with Crippen LogP contribution < -0.4 is 10.1 Å². The minimum absolute atomic E-state index is 0.770. The van der Waals surface area contributed by atoms with Crippen molar-refractivity contribution in [2.75, 3.05) is 12.4 Å². The molecule has 0 saturated heterocycles. The minimum atomic E-state index is 0.770. The summed E-state index contributed by atoms with van der Waals surface area (Å²) in [5.41, 5.74) is 5.00. The smallest absolute Gasteiger partial charge is 0.150 e. The largest absolute Gasteiger partial charge is 0.497 e. The first-order valence-electron chi connectivity index (χ1n) is 8.33. The summed E-state index contributed by atoms with van der Waals surface area (Å²) in [6, 6.07) is 11.7. The number of aromatic nitrogens is 4. The van der Waals surface area contributed by atoms with Gasteiger partial charge < -0.3 is 10.1 Å². The normalized spacial score (nSPS) is 10.9. The highest BCUT2D eigenvalue weighted by Crippen LogP contribution is 2.32. The third-order valence-electron chi connectivity index (χ3n) is 4.53. The van der Waals surface area contributed by atoms with Crippen LogP contribution in [-0.2, 0) is 0 Å². The highest BCUT2D eigenvalue weighted by molar-refractivity contribution is 5.94. The molecule has 26 heavy (non-hydrogen) atoms. The van der Waals surface area contributed by atoms with Crippen molar-refractivity contribution in [3.63, 3.8) is 0 Å². The van der Waals surface area contributed by atoms with Gasteiger partial charge in [0, 0.05) is 23.6 Å². The number of rotatable bonds is 4. The summed E-state index contributed by atoms with van der Waals surface area (Å²) in [5.74, 6) is 1.56. The fraction of sp³-hybridized carbons (Fsp3) is 0.150. The molecule has 0 spiro atoms. The number of benzene rings is 1. The Morgan fingerprint density at radius 1 is 1.08 bits per heavy atom. The molecular formula is C20H19N5O. The molecule has 0 saturated carbocycles. The van der Waals surface area contributed by atoms with E-state index in [1.165, 1.54) is 0 Å². The molecule has 0 aliphatic carbocycles. The standard InChI is InChI=1S/C20H19N5O/c1-13-14(2)25(16-7-5-9-21-11-16)20-18(13)19(22-12-23-20)24-15-6-4-8-17(10-15)26-3/h4-12H,1-3H3,(H,22,23,24). The maximum Gasteiger partial charge on any atom is 0.150 e. The quantitative estimate of drug-likeness (QED) is 0.601. The van der Waals surface area contributed by atoms with Gasteiger partial charge in [0.25, 0.3) is 0 Å². The summed E-state index contributed by atoms with van der Waals surface area (Å²) in [4.78, 5) is 13.2. The van der Waals surface area contributed by atoms with Crippen LogP contribution in [0.5, 0.6) is 5.75 Å². The first-order chi connectivity index (χ1) is 12.7. The van der Waals surface area contributed by atoms with Crippen LogP contribution in [0.15, 0.2) is 55.1 Å². The van der Waals surface area contributed by atoms with E-state index in [9.17, 15) is 0 Å². The zero-order valence-electron chi connectivity index (χ0n) is 14.9. The zero-order valence-corrected chi connectivity index (χ0v) is 14.9. The topological polar surface area (TPSA) is 64.9 Å². The molecule has 3 heterocycles. The van der Waals surface area contributed by atoms with Crippen LogP contribution in [0.2, 0.25) is 0 Å². The van der Waals surface area contributed by atoms with E-state index in [4.69, 9.17) is 4.74 Å². The Kier molecular flexibility index (Phi) is 4.01. The monoisotopic (exact) mass is 345 g/mol. The lowest BCUT2D eigenvalue weighted by Gasteiger charge is -2.09. The number of anilines is 2. The van der Waals surface area contributed by atoms with E-state index in [-0.39, 0.29) is 0 Å². The summed E-state index contributed by atoms with van der Waals surface area (Å²) in [6.45, 7) is 4.17. The molecule has 1 N–H and O–H groups in total. The summed E-state index contributed by atoms with van der Waals surface area (Å²) in [7, 11) is 1.66. The number of pyridine rings is 1. The van der Waals surface area contributed by atoms with Crippen molar-refractivity contribution in [2.24, 2.45) is 0 Å². The first kappa shape index (κ1) is 16.1. The van der Waals surface area contributed by atoms with Crippen LogP contribution in [0.4, 0.5) is 11.5 Å². The fourth-order valence-electron chi connectivity index (χ4n) is 3.13. The van der Waals surface area contributed by atoms with Gasteiger partial charge in [0.1, 0.15) is 17.9 Å². The summed E-state index contributed by atoms with van der Waals surface area (Å²) in [6.07, 6.45) is 5.18. The van der Waals surface area contributed by atoms with Crippen LogP contribution in [0.1, 0.15) is 11.3 Å². The van der Waals surface area contributed by atoms with Crippen LogP contribution in [0.25, 0.3) is 16.7 Å². The maximum absolute atomic E-state index is 5.30. The SMILES string of the molecule is COc1cccc(Nc2ncnc3c2c(C)c(C)n3-c2cccnc2)c1. The highest BCUT2D eigenvalue weighted by Gasteiger charge is 2.17. The Hall–Kier alpha value is -3.41. The number of hydrogen-bond donors (Lipinski definition) is 1. The van der Waals surface area contributed by atoms with Crippen molar-refractivity contribution >= 4 is 22.5 Å². The molecule has 0 bridgehead atoms. The number of methoxy groups -OCH3 is 1. The van der Waals surface area contributed by atoms with Gasteiger partial charge in [0.2, 0.25) is 0 Å². The van der Waals surface area contributed by atoms with Crippen LogP contribution >= 0.6 is 0 Å². The highest BCUT2D eigenvalue weighted by atomic mass is 16.5. The molecule has 6 nitrogen and oxygen atoms in total. The van der Waals surface area contributed by atoms with Crippen LogP contribution in [0, 0.1) is 13.8 Å². The van der Waals surface area contributed by atoms with E-state index in [0.29, 0.717) is 0 Å². The van der Waals surface area contributed by atoms with Crippen molar-refractivity contribution in [2.45, 2.75) is 13.8 Å². The average Bonchev–Trinajstić information content (AvgIpc) is 2.94. The molecule has 0 atom stereocenters. The molecule has 0 aliphatic rings. The second kappa shape index (κ2) is 6.48. The van der Waals surface area contributed by atoms with Gasteiger partial charge in [0.15, 0.2) is 5.65 Å². The van der Waals surface area contributed by atoms with Crippen molar-refractivity contribution in [3.8, 4) is 11.4 Å². The van der Waals surface area contributed by atoms with Crippen LogP contribution in [-0.4, -0.2) is 26.6 Å². The molecule has 0 fully saturated rings. The van der Waals surface area contributed by atoms with E-state index in [1.54, 1.807) is 19.6 Å². The van der Waals surface area contributed by atoms with Gasteiger partial charge >= 0.3 is 0 Å². The third-order valence-corrected chi connectivity index (χ3v) is 4.53. The van der Waals surface area contributed by atoms with Crippen molar-refractivity contribution in [3.05, 3.63) is 66.4 Å². The van der Waals surface area contributed by atoms with E-state index in [2.05, 4.69) is 38.7 Å². The van der Waals surface area contributed by atoms with Gasteiger partial charge in [-0.15, -0.1) is 0 Å². The van der Waals surface area contributed by atoms with Crippen molar-refractivity contribution in [1.82, 2.24) is 19.5 Å². The van der Waals surface area contributed by atoms with E-state index < -0.39 is 0 Å². The molecule has 1 aromatic carbocycles. The number of nitrogens with one attached hydrogen (secondary N) is 1. The molecule has 4 aromatic rings. The lowest BCUT2D eigenvalue weighted by molar-refractivity contribution is 0.415. The second-order valence-electron chi connectivity index (χ2n) is 6.03. The first-order valence-corrected chi connectivity index (χ1v) is 8.33. The Morgan fingerprint density at radius 2 is 1.96 bits per heavy atom. The predicted octanol–water partition coefficient (Wildman–Crippen LogP) is 4.18. The Morgan fingerprint density at radius 3 is 2.73 bits per heavy atom. The summed E-state index contributed by atoms with van der Waals surface area (Å²) in [5, 5.41) is 4.39. The van der Waals surface area contributed by atoms with Gasteiger partial charge in [0.05, 0.1) is 24.4 Å². The zero-order chi connectivity index (χ0) is 18.1. The molecule has 3 aromatic heterocycles. The van der Waals surface area contributed by atoms with E-state index >= 15 is 0 Å². The lowest BCUT2D eigenvalue weighted by atomic mass is 10.2. The number of nitrogens with zero attached hydrogens (tertiary/aromatic N) is 4. The maximum atomic E-state index is 5.30. The minimum Gasteiger partial charge on any atom is -0.497 e. The summed E-state index contributed by atoms with van der Waals surface area (Å²) >= 11 is 0. The molecule has 0 aliphatic heterocycles. The van der Waals surface area contributed by atoms with Gasteiger partial charge in [-0.3, -0.25) is 9.55 Å². The second-order valence-corrected chi connectivity index (χ2v) is 6.03. The number of fused-ring (bicyclic) bond motifs is 1. The Labute approximate surface area is 151 Å². The van der Waals surface area contributed by atoms with E-state index in [1.807, 2.05) is 42.6 Å². The molecule has 0 unspecified atom stereocenters. The molecule has 0 amide bonds. The number of ether oxygens (including phenoxy) is 1. The molecule has 4 rings (SSSR count). The van der Waals surface area contributed by atoms with Gasteiger partial charge in [-0.05, 0) is 43.7 Å². The number of aryl methyl sites for hydroxylation is 1.